The Kier molecular flexibility index (Phi) is 6.63. The van der Waals surface area contributed by atoms with E-state index in [1.54, 1.807) is 24.3 Å². The van der Waals surface area contributed by atoms with Gasteiger partial charge in [-0.3, -0.25) is 14.5 Å². The minimum Gasteiger partial charge on any atom is -0.484 e. The summed E-state index contributed by atoms with van der Waals surface area (Å²) >= 11 is 0. The molecule has 2 aliphatic heterocycles. The van der Waals surface area contributed by atoms with Crippen LogP contribution < -0.4 is 4.74 Å². The smallest absolute Gasteiger partial charge is 0.260 e. The van der Waals surface area contributed by atoms with Gasteiger partial charge in [0.05, 0.1) is 13.2 Å². The lowest BCUT2D eigenvalue weighted by Gasteiger charge is -2.36. The Morgan fingerprint density at radius 1 is 1.23 bits per heavy atom. The molecule has 1 unspecified atom stereocenters. The van der Waals surface area contributed by atoms with Crippen LogP contribution >= 0.6 is 0 Å². The number of morpholine rings is 1. The average Bonchev–Trinajstić information content (AvgIpc) is 2.67. The van der Waals surface area contributed by atoms with Crippen LogP contribution in [0.1, 0.15) is 30.1 Å². The number of rotatable bonds is 6. The Labute approximate surface area is 155 Å². The molecule has 1 amide bonds. The molecule has 26 heavy (non-hydrogen) atoms. The van der Waals surface area contributed by atoms with Crippen LogP contribution in [0.15, 0.2) is 24.3 Å². The van der Waals surface area contributed by atoms with Crippen molar-refractivity contribution >= 4 is 11.7 Å². The number of piperidine rings is 1. The highest BCUT2D eigenvalue weighted by Gasteiger charge is 2.26. The summed E-state index contributed by atoms with van der Waals surface area (Å²) in [5.41, 5.74) is 0.596. The number of likely N-dealkylation sites (tertiary alicyclic amines) is 1. The van der Waals surface area contributed by atoms with E-state index in [-0.39, 0.29) is 18.3 Å². The van der Waals surface area contributed by atoms with Crippen molar-refractivity contribution in [1.29, 1.82) is 0 Å². The number of benzene rings is 1. The van der Waals surface area contributed by atoms with E-state index in [2.05, 4.69) is 4.90 Å². The Morgan fingerprint density at radius 3 is 2.81 bits per heavy atom. The zero-order valence-corrected chi connectivity index (χ0v) is 15.5. The molecule has 2 saturated heterocycles. The van der Waals surface area contributed by atoms with Gasteiger partial charge in [-0.15, -0.1) is 0 Å². The Hall–Kier alpha value is -1.92. The molecule has 2 fully saturated rings. The third kappa shape index (κ3) is 5.29. The van der Waals surface area contributed by atoms with Crippen LogP contribution in [0.2, 0.25) is 0 Å². The molecule has 1 aromatic rings. The van der Waals surface area contributed by atoms with Gasteiger partial charge in [0.15, 0.2) is 12.4 Å². The molecular weight excluding hydrogens is 332 g/mol. The molecule has 0 bridgehead atoms. The lowest BCUT2D eigenvalue weighted by atomic mass is 9.97. The predicted octanol–water partition coefficient (Wildman–Crippen LogP) is 1.84. The molecule has 0 aromatic heterocycles. The fourth-order valence-corrected chi connectivity index (χ4v) is 3.63. The van der Waals surface area contributed by atoms with Crippen molar-refractivity contribution in [2.45, 2.75) is 19.8 Å². The third-order valence-corrected chi connectivity index (χ3v) is 5.09. The molecule has 0 saturated carbocycles. The first-order valence-electron chi connectivity index (χ1n) is 9.43. The summed E-state index contributed by atoms with van der Waals surface area (Å²) in [7, 11) is 0. The maximum Gasteiger partial charge on any atom is 0.260 e. The molecule has 0 aliphatic carbocycles. The minimum atomic E-state index is -0.0104. The van der Waals surface area contributed by atoms with Gasteiger partial charge in [-0.25, -0.2) is 0 Å². The van der Waals surface area contributed by atoms with Gasteiger partial charge in [-0.1, -0.05) is 12.1 Å². The number of carbonyl (C=O) groups is 2. The predicted molar refractivity (Wildman–Crippen MR) is 98.5 cm³/mol. The van der Waals surface area contributed by atoms with E-state index in [1.807, 2.05) is 4.90 Å². The molecule has 6 nitrogen and oxygen atoms in total. The molecule has 142 valence electrons. The van der Waals surface area contributed by atoms with Gasteiger partial charge in [0.2, 0.25) is 0 Å². The van der Waals surface area contributed by atoms with Gasteiger partial charge in [0.25, 0.3) is 5.91 Å². The number of carbonyl (C=O) groups excluding carboxylic acids is 2. The number of hydrogen-bond acceptors (Lipinski definition) is 5. The second-order valence-corrected chi connectivity index (χ2v) is 7.13. The Balaban J connectivity index is 1.47. The Morgan fingerprint density at radius 2 is 2.04 bits per heavy atom. The van der Waals surface area contributed by atoms with Crippen LogP contribution in [0, 0.1) is 5.92 Å². The van der Waals surface area contributed by atoms with E-state index in [1.165, 1.54) is 13.3 Å². The minimum absolute atomic E-state index is 0.0104. The van der Waals surface area contributed by atoms with Crippen LogP contribution in [0.4, 0.5) is 0 Å². The highest BCUT2D eigenvalue weighted by atomic mass is 16.5. The summed E-state index contributed by atoms with van der Waals surface area (Å²) in [5, 5.41) is 0. The van der Waals surface area contributed by atoms with Crippen LogP contribution in [-0.2, 0) is 9.53 Å². The van der Waals surface area contributed by atoms with E-state index in [0.717, 1.165) is 52.4 Å². The lowest BCUT2D eigenvalue weighted by Crippen LogP contribution is -2.47. The molecule has 2 heterocycles. The molecular formula is C20H28N2O4. The van der Waals surface area contributed by atoms with Crippen molar-refractivity contribution in [2.75, 3.05) is 52.5 Å². The second-order valence-electron chi connectivity index (χ2n) is 7.13. The number of amides is 1. The van der Waals surface area contributed by atoms with E-state index in [9.17, 15) is 9.59 Å². The van der Waals surface area contributed by atoms with E-state index in [4.69, 9.17) is 9.47 Å². The summed E-state index contributed by atoms with van der Waals surface area (Å²) in [6.07, 6.45) is 2.21. The fraction of sp³-hybridized carbons (Fsp3) is 0.600. The van der Waals surface area contributed by atoms with Gasteiger partial charge >= 0.3 is 0 Å². The Bertz CT molecular complexity index is 628. The summed E-state index contributed by atoms with van der Waals surface area (Å²) in [5.74, 6) is 1.09. The van der Waals surface area contributed by atoms with E-state index in [0.29, 0.717) is 17.2 Å². The number of Topliss-reactive ketones (excluding diaryl/α,β-unsaturated/α-hetero) is 1. The number of nitrogens with zero attached hydrogens (tertiary/aromatic N) is 2. The van der Waals surface area contributed by atoms with Crippen molar-refractivity contribution in [3.8, 4) is 5.75 Å². The topological polar surface area (TPSA) is 59.1 Å². The quantitative estimate of drug-likeness (QED) is 0.725. The monoisotopic (exact) mass is 360 g/mol. The van der Waals surface area contributed by atoms with Gasteiger partial charge in [0.1, 0.15) is 5.75 Å². The summed E-state index contributed by atoms with van der Waals surface area (Å²) in [6, 6.07) is 6.98. The highest BCUT2D eigenvalue weighted by Crippen LogP contribution is 2.19. The lowest BCUT2D eigenvalue weighted by molar-refractivity contribution is -0.135. The van der Waals surface area contributed by atoms with Gasteiger partial charge < -0.3 is 14.4 Å². The van der Waals surface area contributed by atoms with Crippen LogP contribution in [0.3, 0.4) is 0 Å². The fourth-order valence-electron chi connectivity index (χ4n) is 3.63. The zero-order chi connectivity index (χ0) is 18.4. The third-order valence-electron chi connectivity index (χ3n) is 5.09. The van der Waals surface area contributed by atoms with Crippen LogP contribution in [-0.4, -0.2) is 74.0 Å². The van der Waals surface area contributed by atoms with Crippen molar-refractivity contribution in [3.63, 3.8) is 0 Å². The summed E-state index contributed by atoms with van der Waals surface area (Å²) in [6.45, 7) is 7.76. The molecule has 3 rings (SSSR count). The average molecular weight is 360 g/mol. The first kappa shape index (κ1) is 18.9. The SMILES string of the molecule is CC(=O)c1cccc(OCC(=O)N2CCCC(CN3CCOCC3)C2)c1. The van der Waals surface area contributed by atoms with Gasteiger partial charge in [-0.05, 0) is 37.8 Å². The van der Waals surface area contributed by atoms with Crippen molar-refractivity contribution in [1.82, 2.24) is 9.80 Å². The standard InChI is InChI=1S/C20H28N2O4/c1-16(23)18-5-2-6-19(12-18)26-15-20(24)22-7-3-4-17(14-22)13-21-8-10-25-11-9-21/h2,5-6,12,17H,3-4,7-11,13-15H2,1H3. The number of ketones is 1. The molecule has 6 heteroatoms. The maximum atomic E-state index is 12.5. The van der Waals surface area contributed by atoms with Gasteiger partial charge in [-0.2, -0.15) is 0 Å². The summed E-state index contributed by atoms with van der Waals surface area (Å²) in [4.78, 5) is 28.3. The molecule has 2 aliphatic rings. The van der Waals surface area contributed by atoms with Gasteiger partial charge in [0, 0.05) is 38.3 Å². The first-order valence-corrected chi connectivity index (χ1v) is 9.43. The molecule has 0 radical (unpaired) electrons. The molecule has 1 atom stereocenters. The number of ether oxygens (including phenoxy) is 2. The first-order chi connectivity index (χ1) is 12.6. The second kappa shape index (κ2) is 9.14. The molecule has 1 aromatic carbocycles. The van der Waals surface area contributed by atoms with Crippen LogP contribution in [0.5, 0.6) is 5.75 Å². The van der Waals surface area contributed by atoms with Crippen molar-refractivity contribution in [2.24, 2.45) is 5.92 Å². The normalized spacial score (nSPS) is 21.4. The van der Waals surface area contributed by atoms with E-state index >= 15 is 0 Å². The van der Waals surface area contributed by atoms with E-state index < -0.39 is 0 Å². The van der Waals surface area contributed by atoms with Crippen LogP contribution in [0.25, 0.3) is 0 Å². The zero-order valence-electron chi connectivity index (χ0n) is 15.5. The highest BCUT2D eigenvalue weighted by molar-refractivity contribution is 5.94. The summed E-state index contributed by atoms with van der Waals surface area (Å²) < 4.78 is 11.0. The molecule has 0 N–H and O–H groups in total. The largest absolute Gasteiger partial charge is 0.484 e. The maximum absolute atomic E-state index is 12.5. The number of hydrogen-bond donors (Lipinski definition) is 0. The van der Waals surface area contributed by atoms with Crippen molar-refractivity contribution < 1.29 is 19.1 Å². The van der Waals surface area contributed by atoms with Crippen molar-refractivity contribution in [3.05, 3.63) is 29.8 Å². The molecule has 0 spiro atoms.